The lowest BCUT2D eigenvalue weighted by Gasteiger charge is -2.37. The molecule has 2 heterocycles. The van der Waals surface area contributed by atoms with Crippen LogP contribution in [0.2, 0.25) is 0 Å². The molecule has 0 bridgehead atoms. The lowest BCUT2D eigenvalue weighted by molar-refractivity contribution is -0.135. The van der Waals surface area contributed by atoms with Crippen LogP contribution in [0.3, 0.4) is 0 Å². The van der Waals surface area contributed by atoms with E-state index < -0.39 is 0 Å². The second-order valence-electron chi connectivity index (χ2n) is 6.97. The summed E-state index contributed by atoms with van der Waals surface area (Å²) >= 11 is 0. The number of carbonyl (C=O) groups is 1. The SMILES string of the molecule is CC1(C)CCC[C@@H]([C@@H]2c3ccccc3-c3cncn32)C1=O. The number of carbonyl (C=O) groups excluding carboxylic acids is 1. The molecule has 21 heavy (non-hydrogen) atoms. The summed E-state index contributed by atoms with van der Waals surface area (Å²) in [4.78, 5) is 17.2. The molecule has 2 aliphatic rings. The molecule has 0 saturated heterocycles. The highest BCUT2D eigenvalue weighted by Gasteiger charge is 2.44. The fourth-order valence-electron chi connectivity index (χ4n) is 4.10. The van der Waals surface area contributed by atoms with E-state index in [4.69, 9.17) is 0 Å². The van der Waals surface area contributed by atoms with Crippen LogP contribution < -0.4 is 0 Å². The minimum absolute atomic E-state index is 0.0744. The van der Waals surface area contributed by atoms with Gasteiger partial charge in [-0.25, -0.2) is 4.98 Å². The largest absolute Gasteiger partial charge is 0.322 e. The smallest absolute Gasteiger partial charge is 0.143 e. The third kappa shape index (κ3) is 1.73. The number of nitrogens with zero attached hydrogens (tertiary/aromatic N) is 2. The van der Waals surface area contributed by atoms with Crippen LogP contribution in [0.5, 0.6) is 0 Å². The van der Waals surface area contributed by atoms with Gasteiger partial charge < -0.3 is 4.57 Å². The van der Waals surface area contributed by atoms with Crippen LogP contribution in [-0.4, -0.2) is 15.3 Å². The Bertz CT molecular complexity index is 714. The summed E-state index contributed by atoms with van der Waals surface area (Å²) in [6, 6.07) is 8.57. The molecule has 3 nitrogen and oxygen atoms in total. The molecule has 0 amide bonds. The normalized spacial score (nSPS) is 26.5. The van der Waals surface area contributed by atoms with E-state index in [2.05, 4.69) is 47.7 Å². The van der Waals surface area contributed by atoms with Crippen LogP contribution in [0, 0.1) is 11.3 Å². The second kappa shape index (κ2) is 4.30. The van der Waals surface area contributed by atoms with Gasteiger partial charge in [0.25, 0.3) is 0 Å². The van der Waals surface area contributed by atoms with E-state index in [1.807, 2.05) is 12.5 Å². The van der Waals surface area contributed by atoms with Crippen molar-refractivity contribution < 1.29 is 4.79 Å². The molecule has 0 unspecified atom stereocenters. The zero-order chi connectivity index (χ0) is 14.6. The lowest BCUT2D eigenvalue weighted by Crippen LogP contribution is -2.39. The van der Waals surface area contributed by atoms with Gasteiger partial charge in [0.1, 0.15) is 5.78 Å². The highest BCUT2D eigenvalue weighted by molar-refractivity contribution is 5.89. The molecule has 3 heteroatoms. The number of fused-ring (bicyclic) bond motifs is 3. The topological polar surface area (TPSA) is 34.9 Å². The molecule has 1 aliphatic heterocycles. The Morgan fingerprint density at radius 3 is 2.95 bits per heavy atom. The molecule has 1 aliphatic carbocycles. The van der Waals surface area contributed by atoms with E-state index in [0.717, 1.165) is 25.0 Å². The molecule has 2 atom stereocenters. The van der Waals surface area contributed by atoms with Gasteiger partial charge in [0.05, 0.1) is 24.3 Å². The quantitative estimate of drug-likeness (QED) is 0.795. The average Bonchev–Trinajstić information content (AvgIpc) is 3.03. The number of hydrogen-bond acceptors (Lipinski definition) is 2. The number of ketones is 1. The Balaban J connectivity index is 1.84. The van der Waals surface area contributed by atoms with E-state index in [0.29, 0.717) is 5.78 Å². The molecule has 1 saturated carbocycles. The average molecular weight is 280 g/mol. The zero-order valence-corrected chi connectivity index (χ0v) is 12.5. The van der Waals surface area contributed by atoms with Gasteiger partial charge in [-0.3, -0.25) is 4.79 Å². The second-order valence-corrected chi connectivity index (χ2v) is 6.97. The van der Waals surface area contributed by atoms with Crippen LogP contribution in [0.25, 0.3) is 11.3 Å². The van der Waals surface area contributed by atoms with Crippen molar-refractivity contribution in [3.63, 3.8) is 0 Å². The number of rotatable bonds is 1. The summed E-state index contributed by atoms with van der Waals surface area (Å²) in [6.07, 6.45) is 6.92. The Hall–Kier alpha value is -1.90. The predicted molar refractivity (Wildman–Crippen MR) is 81.9 cm³/mol. The van der Waals surface area contributed by atoms with Crippen LogP contribution in [0.4, 0.5) is 0 Å². The van der Waals surface area contributed by atoms with E-state index in [-0.39, 0.29) is 17.4 Å². The van der Waals surface area contributed by atoms with E-state index >= 15 is 0 Å². The van der Waals surface area contributed by atoms with Gasteiger partial charge >= 0.3 is 0 Å². The monoisotopic (exact) mass is 280 g/mol. The Labute approximate surface area is 125 Å². The summed E-state index contributed by atoms with van der Waals surface area (Å²) in [5, 5.41) is 0. The number of hydrogen-bond donors (Lipinski definition) is 0. The maximum atomic E-state index is 12.9. The summed E-state index contributed by atoms with van der Waals surface area (Å²) in [6.45, 7) is 4.19. The summed E-state index contributed by atoms with van der Waals surface area (Å²) in [5.74, 6) is 0.487. The highest BCUT2D eigenvalue weighted by atomic mass is 16.1. The molecular weight excluding hydrogens is 260 g/mol. The van der Waals surface area contributed by atoms with Crippen molar-refractivity contribution in [3.05, 3.63) is 42.4 Å². The van der Waals surface area contributed by atoms with Crippen LogP contribution in [0.1, 0.15) is 44.7 Å². The number of Topliss-reactive ketones (excluding diaryl/α,β-unsaturated/α-hetero) is 1. The van der Waals surface area contributed by atoms with Crippen LogP contribution in [-0.2, 0) is 4.79 Å². The molecule has 0 spiro atoms. The Kier molecular flexibility index (Phi) is 2.62. The van der Waals surface area contributed by atoms with E-state index in [9.17, 15) is 4.79 Å². The maximum Gasteiger partial charge on any atom is 0.143 e. The first-order valence-corrected chi connectivity index (χ1v) is 7.75. The van der Waals surface area contributed by atoms with Crippen molar-refractivity contribution in [3.8, 4) is 11.3 Å². The van der Waals surface area contributed by atoms with Crippen molar-refractivity contribution in [2.45, 2.75) is 39.2 Å². The predicted octanol–water partition coefficient (Wildman–Crippen LogP) is 3.85. The van der Waals surface area contributed by atoms with Gasteiger partial charge in [-0.1, -0.05) is 44.5 Å². The third-order valence-electron chi connectivity index (χ3n) is 5.22. The molecule has 0 radical (unpaired) electrons. The first-order chi connectivity index (χ1) is 10.1. The van der Waals surface area contributed by atoms with Crippen LogP contribution >= 0.6 is 0 Å². The molecule has 4 rings (SSSR count). The molecule has 1 aromatic carbocycles. The zero-order valence-electron chi connectivity index (χ0n) is 12.5. The molecule has 108 valence electrons. The van der Waals surface area contributed by atoms with Crippen LogP contribution in [0.15, 0.2) is 36.8 Å². The van der Waals surface area contributed by atoms with Crippen molar-refractivity contribution >= 4 is 5.78 Å². The van der Waals surface area contributed by atoms with Gasteiger partial charge in [-0.15, -0.1) is 0 Å². The third-order valence-corrected chi connectivity index (χ3v) is 5.22. The number of aromatic nitrogens is 2. The van der Waals surface area contributed by atoms with Gasteiger partial charge in [0.15, 0.2) is 0 Å². The molecule has 2 aromatic rings. The van der Waals surface area contributed by atoms with Crippen molar-refractivity contribution in [2.24, 2.45) is 11.3 Å². The summed E-state index contributed by atoms with van der Waals surface area (Å²) in [5.41, 5.74) is 3.47. The fourth-order valence-corrected chi connectivity index (χ4v) is 4.10. The van der Waals surface area contributed by atoms with Gasteiger partial charge in [-0.05, 0) is 18.4 Å². The van der Waals surface area contributed by atoms with Gasteiger partial charge in [0, 0.05) is 16.9 Å². The first kappa shape index (κ1) is 12.8. The Morgan fingerprint density at radius 2 is 2.10 bits per heavy atom. The van der Waals surface area contributed by atoms with E-state index in [1.54, 1.807) is 0 Å². The first-order valence-electron chi connectivity index (χ1n) is 7.75. The molecule has 1 aromatic heterocycles. The fraction of sp³-hybridized carbons (Fsp3) is 0.444. The van der Waals surface area contributed by atoms with Gasteiger partial charge in [-0.2, -0.15) is 0 Å². The van der Waals surface area contributed by atoms with Gasteiger partial charge in [0.2, 0.25) is 0 Å². The minimum Gasteiger partial charge on any atom is -0.322 e. The summed E-state index contributed by atoms with van der Waals surface area (Å²) < 4.78 is 2.20. The molecule has 1 fully saturated rings. The molecular formula is C18H20N2O. The standard InChI is InChI=1S/C18H20N2O/c1-18(2)9-5-8-14(17(18)21)16-13-7-4-3-6-12(13)15-10-19-11-20(15)16/h3-4,6-7,10-11,14,16H,5,8-9H2,1-2H3/t14-,16-/m0/s1. The highest BCUT2D eigenvalue weighted by Crippen LogP contribution is 2.48. The van der Waals surface area contributed by atoms with E-state index in [1.165, 1.54) is 11.1 Å². The van der Waals surface area contributed by atoms with Crippen molar-refractivity contribution in [1.29, 1.82) is 0 Å². The minimum atomic E-state index is -0.193. The number of benzene rings is 1. The maximum absolute atomic E-state index is 12.9. The Morgan fingerprint density at radius 1 is 1.29 bits per heavy atom. The van der Waals surface area contributed by atoms with Crippen molar-refractivity contribution in [2.75, 3.05) is 0 Å². The molecule has 0 N–H and O–H groups in total. The lowest BCUT2D eigenvalue weighted by atomic mass is 9.68. The summed E-state index contributed by atoms with van der Waals surface area (Å²) in [7, 11) is 0. The number of imidazole rings is 1. The van der Waals surface area contributed by atoms with Crippen molar-refractivity contribution in [1.82, 2.24) is 9.55 Å².